The Bertz CT molecular complexity index is 1020. The summed E-state index contributed by atoms with van der Waals surface area (Å²) in [5.74, 6) is -0.383. The van der Waals surface area contributed by atoms with E-state index in [0.29, 0.717) is 42.4 Å². The van der Waals surface area contributed by atoms with E-state index in [-0.39, 0.29) is 11.7 Å². The van der Waals surface area contributed by atoms with E-state index in [2.05, 4.69) is 23.9 Å². The number of nitrogens with zero attached hydrogens (tertiary/aromatic N) is 3. The van der Waals surface area contributed by atoms with E-state index in [4.69, 9.17) is 0 Å². The molecule has 6 heteroatoms. The topological polar surface area (TPSA) is 47.0 Å². The molecule has 2 heterocycles. The predicted octanol–water partition coefficient (Wildman–Crippen LogP) is 3.95. The molecule has 1 fully saturated rings. The van der Waals surface area contributed by atoms with Crippen LogP contribution in [0.1, 0.15) is 41.3 Å². The van der Waals surface area contributed by atoms with E-state index in [1.807, 2.05) is 37.3 Å². The van der Waals surface area contributed by atoms with Crippen LogP contribution in [0.2, 0.25) is 0 Å². The number of hydrogen-bond donors (Lipinski definition) is 1. The van der Waals surface area contributed by atoms with Gasteiger partial charge in [-0.2, -0.15) is 0 Å². The van der Waals surface area contributed by atoms with E-state index in [1.165, 1.54) is 6.07 Å². The number of aliphatic hydroxyl groups excluding tert-OH is 1. The molecule has 170 valence electrons. The Morgan fingerprint density at radius 3 is 2.72 bits per heavy atom. The van der Waals surface area contributed by atoms with Gasteiger partial charge in [0.15, 0.2) is 0 Å². The van der Waals surface area contributed by atoms with Crippen molar-refractivity contribution < 1.29 is 14.3 Å². The van der Waals surface area contributed by atoms with Crippen molar-refractivity contribution in [3.8, 4) is 0 Å². The molecule has 2 atom stereocenters. The Balaban J connectivity index is 1.51. The number of rotatable bonds is 6. The zero-order valence-electron chi connectivity index (χ0n) is 19.1. The molecule has 0 aromatic heterocycles. The molecule has 5 nitrogen and oxygen atoms in total. The number of fused-ring (bicyclic) bond motifs is 1. The lowest BCUT2D eigenvalue weighted by Gasteiger charge is -2.30. The Morgan fingerprint density at radius 2 is 2.03 bits per heavy atom. The van der Waals surface area contributed by atoms with E-state index < -0.39 is 6.10 Å². The van der Waals surface area contributed by atoms with Crippen LogP contribution in [0.15, 0.2) is 42.5 Å². The number of anilines is 2. The summed E-state index contributed by atoms with van der Waals surface area (Å²) in [7, 11) is 4.11. The van der Waals surface area contributed by atoms with Crippen LogP contribution in [0, 0.1) is 5.82 Å². The first-order chi connectivity index (χ1) is 15.4. The van der Waals surface area contributed by atoms with Gasteiger partial charge in [-0.1, -0.05) is 31.2 Å². The highest BCUT2D eigenvalue weighted by Gasteiger charge is 2.28. The zero-order chi connectivity index (χ0) is 22.8. The summed E-state index contributed by atoms with van der Waals surface area (Å²) in [6, 6.07) is 11.3. The summed E-state index contributed by atoms with van der Waals surface area (Å²) >= 11 is 0. The summed E-state index contributed by atoms with van der Waals surface area (Å²) < 4.78 is 15.0. The lowest BCUT2D eigenvalue weighted by molar-refractivity contribution is 0.0980. The van der Waals surface area contributed by atoms with Crippen LogP contribution in [-0.2, 0) is 6.42 Å². The predicted molar refractivity (Wildman–Crippen MR) is 128 cm³/mol. The average Bonchev–Trinajstić information content (AvgIpc) is 3.28. The van der Waals surface area contributed by atoms with Crippen molar-refractivity contribution in [2.75, 3.05) is 43.5 Å². The number of halogens is 1. The first-order valence-corrected chi connectivity index (χ1v) is 11.4. The Morgan fingerprint density at radius 1 is 1.22 bits per heavy atom. The highest BCUT2D eigenvalue weighted by molar-refractivity contribution is 6.08. The number of carbonyl (C=O) groups excluding carboxylic acids is 1. The largest absolute Gasteiger partial charge is 0.389 e. The second-order valence-electron chi connectivity index (χ2n) is 8.95. The molecule has 1 amide bonds. The first kappa shape index (κ1) is 22.5. The molecule has 0 radical (unpaired) electrons. The molecule has 0 bridgehead atoms. The minimum Gasteiger partial charge on any atom is -0.389 e. The fourth-order valence-corrected chi connectivity index (χ4v) is 4.52. The molecule has 2 aromatic carbocycles. The molecule has 1 unspecified atom stereocenters. The fourth-order valence-electron chi connectivity index (χ4n) is 4.52. The molecule has 0 spiro atoms. The molecule has 1 saturated heterocycles. The standard InChI is InChI=1S/C26H32FN3O2/c1-4-22(31)8-5-18-6-9-23-19(15-18)11-14-30(26(23)32)20-7-10-25(24(27)16-20)29-13-12-21(17-29)28(2)3/h5-10,15-16,21-22,31H,4,11-14,17H2,1-3H3/b8-5+/t21-,22?/m1/s1. The third-order valence-electron chi connectivity index (χ3n) is 6.62. The van der Waals surface area contributed by atoms with Gasteiger partial charge in [0.25, 0.3) is 5.91 Å². The molecule has 1 N–H and O–H groups in total. The van der Waals surface area contributed by atoms with Gasteiger partial charge in [-0.05, 0) is 68.8 Å². The summed E-state index contributed by atoms with van der Waals surface area (Å²) in [5.41, 5.74) is 3.81. The van der Waals surface area contributed by atoms with Crippen LogP contribution < -0.4 is 9.80 Å². The minimum atomic E-state index is -0.463. The van der Waals surface area contributed by atoms with Gasteiger partial charge in [-0.15, -0.1) is 0 Å². The fraction of sp³-hybridized carbons (Fsp3) is 0.423. The summed E-state index contributed by atoms with van der Waals surface area (Å²) in [6.07, 6.45) is 5.58. The SMILES string of the molecule is CCC(O)/C=C/c1ccc2c(c1)CCN(c1ccc(N3CC[C@@H](N(C)C)C3)c(F)c1)C2=O. The van der Waals surface area contributed by atoms with Crippen molar-refractivity contribution in [2.24, 2.45) is 0 Å². The van der Waals surface area contributed by atoms with Gasteiger partial charge in [0.2, 0.25) is 0 Å². The van der Waals surface area contributed by atoms with Gasteiger partial charge < -0.3 is 19.8 Å². The van der Waals surface area contributed by atoms with Crippen LogP contribution in [0.5, 0.6) is 0 Å². The number of hydrogen-bond acceptors (Lipinski definition) is 4. The van der Waals surface area contributed by atoms with Crippen LogP contribution in [0.4, 0.5) is 15.8 Å². The lowest BCUT2D eigenvalue weighted by atomic mass is 9.96. The van der Waals surface area contributed by atoms with Crippen LogP contribution in [0.3, 0.4) is 0 Å². The number of benzene rings is 2. The molecule has 0 saturated carbocycles. The molecule has 32 heavy (non-hydrogen) atoms. The first-order valence-electron chi connectivity index (χ1n) is 11.4. The Labute approximate surface area is 189 Å². The number of carbonyl (C=O) groups is 1. The summed E-state index contributed by atoms with van der Waals surface area (Å²) in [6.45, 7) is 4.09. The maximum absolute atomic E-state index is 15.0. The van der Waals surface area contributed by atoms with Crippen LogP contribution in [-0.4, -0.2) is 61.8 Å². The van der Waals surface area contributed by atoms with Crippen molar-refractivity contribution in [1.82, 2.24) is 4.90 Å². The quantitative estimate of drug-likeness (QED) is 0.743. The molecule has 4 rings (SSSR count). The third-order valence-corrected chi connectivity index (χ3v) is 6.62. The van der Waals surface area contributed by atoms with Crippen molar-refractivity contribution >= 4 is 23.4 Å². The molecule has 2 aliphatic rings. The van der Waals surface area contributed by atoms with Crippen LogP contribution >= 0.6 is 0 Å². The normalized spacial score (nSPS) is 19.8. The Hall–Kier alpha value is -2.70. The van der Waals surface area contributed by atoms with E-state index in [9.17, 15) is 9.90 Å². The number of aliphatic hydroxyl groups is 1. The molecular weight excluding hydrogens is 405 g/mol. The molecule has 2 aromatic rings. The number of likely N-dealkylation sites (N-methyl/N-ethyl adjacent to an activating group) is 1. The number of amides is 1. The summed E-state index contributed by atoms with van der Waals surface area (Å²) in [5, 5.41) is 9.73. The van der Waals surface area contributed by atoms with Gasteiger partial charge >= 0.3 is 0 Å². The highest BCUT2D eigenvalue weighted by atomic mass is 19.1. The molecular formula is C26H32FN3O2. The average molecular weight is 438 g/mol. The lowest BCUT2D eigenvalue weighted by Crippen LogP contribution is -2.37. The van der Waals surface area contributed by atoms with Crippen molar-refractivity contribution in [3.63, 3.8) is 0 Å². The maximum atomic E-state index is 15.0. The van der Waals surface area contributed by atoms with Gasteiger partial charge in [0.1, 0.15) is 5.82 Å². The van der Waals surface area contributed by atoms with Gasteiger partial charge in [-0.3, -0.25) is 4.79 Å². The van der Waals surface area contributed by atoms with Gasteiger partial charge in [0, 0.05) is 36.9 Å². The minimum absolute atomic E-state index is 0.101. The smallest absolute Gasteiger partial charge is 0.258 e. The molecule has 0 aliphatic carbocycles. The zero-order valence-corrected chi connectivity index (χ0v) is 19.1. The van der Waals surface area contributed by atoms with Crippen LogP contribution in [0.25, 0.3) is 6.08 Å². The second-order valence-corrected chi connectivity index (χ2v) is 8.95. The third kappa shape index (κ3) is 4.57. The van der Waals surface area contributed by atoms with Gasteiger partial charge in [0.05, 0.1) is 11.8 Å². The van der Waals surface area contributed by atoms with Crippen molar-refractivity contribution in [1.29, 1.82) is 0 Å². The second kappa shape index (κ2) is 9.43. The maximum Gasteiger partial charge on any atom is 0.258 e. The van der Waals surface area contributed by atoms with E-state index in [0.717, 1.165) is 30.6 Å². The monoisotopic (exact) mass is 437 g/mol. The Kier molecular flexibility index (Phi) is 6.63. The van der Waals surface area contributed by atoms with Crippen molar-refractivity contribution in [3.05, 3.63) is 65.0 Å². The van der Waals surface area contributed by atoms with E-state index in [1.54, 1.807) is 17.0 Å². The van der Waals surface area contributed by atoms with E-state index >= 15 is 4.39 Å². The van der Waals surface area contributed by atoms with Gasteiger partial charge in [-0.25, -0.2) is 4.39 Å². The van der Waals surface area contributed by atoms with Crippen molar-refractivity contribution in [2.45, 2.75) is 38.3 Å². The molecule has 2 aliphatic heterocycles. The highest BCUT2D eigenvalue weighted by Crippen LogP contribution is 2.31. The summed E-state index contributed by atoms with van der Waals surface area (Å²) in [4.78, 5) is 19.1.